The zero-order chi connectivity index (χ0) is 14.4. The Bertz CT molecular complexity index is 484. The second-order valence-electron chi connectivity index (χ2n) is 5.27. The van der Waals surface area contributed by atoms with Gasteiger partial charge in [0.1, 0.15) is 17.7 Å². The van der Waals surface area contributed by atoms with Gasteiger partial charge in [0.15, 0.2) is 0 Å². The number of alkyl halides is 4. The van der Waals surface area contributed by atoms with Crippen LogP contribution in [-0.4, -0.2) is 10.9 Å². The summed E-state index contributed by atoms with van der Waals surface area (Å²) in [5, 5.41) is 0. The van der Waals surface area contributed by atoms with Crippen LogP contribution in [0.4, 0.5) is 17.6 Å². The maximum absolute atomic E-state index is 13.1. The highest BCUT2D eigenvalue weighted by Crippen LogP contribution is 2.47. The smallest absolute Gasteiger partial charge is 0.419 e. The number of benzene rings is 1. The van der Waals surface area contributed by atoms with Crippen molar-refractivity contribution in [1.29, 1.82) is 0 Å². The first-order valence-electron chi connectivity index (χ1n) is 5.80. The summed E-state index contributed by atoms with van der Waals surface area (Å²) in [5.41, 5.74) is -1.45. The van der Waals surface area contributed by atoms with Gasteiger partial charge in [-0.3, -0.25) is 0 Å². The minimum absolute atomic E-state index is 0.0474. The van der Waals surface area contributed by atoms with E-state index < -0.39 is 17.6 Å². The van der Waals surface area contributed by atoms with Crippen molar-refractivity contribution >= 4 is 15.9 Å². The first-order chi connectivity index (χ1) is 8.62. The van der Waals surface area contributed by atoms with Crippen molar-refractivity contribution in [3.8, 4) is 5.75 Å². The Morgan fingerprint density at radius 3 is 2.42 bits per heavy atom. The Hall–Kier alpha value is -0.780. The van der Waals surface area contributed by atoms with E-state index in [0.717, 1.165) is 6.07 Å². The van der Waals surface area contributed by atoms with Gasteiger partial charge in [-0.2, -0.15) is 13.2 Å². The van der Waals surface area contributed by atoms with E-state index in [9.17, 15) is 17.6 Å². The molecule has 0 aliphatic heterocycles. The summed E-state index contributed by atoms with van der Waals surface area (Å²) in [4.78, 5) is 0.271. The van der Waals surface area contributed by atoms with Crippen LogP contribution in [0.15, 0.2) is 18.2 Å². The highest BCUT2D eigenvalue weighted by Gasteiger charge is 2.48. The Kier molecular flexibility index (Phi) is 3.58. The lowest BCUT2D eigenvalue weighted by Crippen LogP contribution is -2.53. The second kappa shape index (κ2) is 4.65. The molecule has 0 amide bonds. The van der Waals surface area contributed by atoms with Crippen LogP contribution in [-0.2, 0) is 6.18 Å². The van der Waals surface area contributed by atoms with Crippen molar-refractivity contribution in [3.05, 3.63) is 29.6 Å². The van der Waals surface area contributed by atoms with Gasteiger partial charge in [-0.05, 0) is 24.6 Å². The van der Waals surface area contributed by atoms with Gasteiger partial charge in [0.2, 0.25) is 0 Å². The lowest BCUT2D eigenvalue weighted by atomic mass is 9.69. The molecule has 0 radical (unpaired) electrons. The number of rotatable bonds is 2. The van der Waals surface area contributed by atoms with Crippen LogP contribution in [0.3, 0.4) is 0 Å². The number of hydrogen-bond donors (Lipinski definition) is 0. The normalized spacial score (nSPS) is 25.8. The lowest BCUT2D eigenvalue weighted by molar-refractivity contribution is -0.140. The van der Waals surface area contributed by atoms with E-state index >= 15 is 0 Å². The molecule has 1 fully saturated rings. The maximum Gasteiger partial charge on any atom is 0.419 e. The standard InChI is InChI=1S/C13H13BrF4O/c1-12(2)10(14)6-11(12)19-7-3-4-9(15)8(5-7)13(16,17)18/h3-5,10-11H,6H2,1-2H3. The average Bonchev–Trinajstić information content (AvgIpc) is 2.29. The first kappa shape index (κ1) is 14.6. The molecule has 0 spiro atoms. The molecule has 1 aromatic carbocycles. The number of hydrogen-bond acceptors (Lipinski definition) is 1. The summed E-state index contributed by atoms with van der Waals surface area (Å²) in [5.74, 6) is -1.24. The molecule has 106 valence electrons. The predicted octanol–water partition coefficient (Wildman–Crippen LogP) is 4.79. The van der Waals surface area contributed by atoms with Gasteiger partial charge in [0.05, 0.1) is 5.56 Å². The van der Waals surface area contributed by atoms with Gasteiger partial charge in [-0.15, -0.1) is 0 Å². The molecule has 0 bridgehead atoms. The van der Waals surface area contributed by atoms with E-state index in [1.165, 1.54) is 6.07 Å². The summed E-state index contributed by atoms with van der Waals surface area (Å²) >= 11 is 3.47. The highest BCUT2D eigenvalue weighted by atomic mass is 79.9. The largest absolute Gasteiger partial charge is 0.490 e. The van der Waals surface area contributed by atoms with Crippen molar-refractivity contribution < 1.29 is 22.3 Å². The molecule has 19 heavy (non-hydrogen) atoms. The highest BCUT2D eigenvalue weighted by molar-refractivity contribution is 9.09. The van der Waals surface area contributed by atoms with Crippen molar-refractivity contribution in [2.24, 2.45) is 5.41 Å². The molecule has 1 aromatic rings. The van der Waals surface area contributed by atoms with Crippen LogP contribution in [0, 0.1) is 11.2 Å². The van der Waals surface area contributed by atoms with Crippen LogP contribution in [0.25, 0.3) is 0 Å². The van der Waals surface area contributed by atoms with E-state index in [4.69, 9.17) is 4.74 Å². The van der Waals surface area contributed by atoms with E-state index in [0.29, 0.717) is 12.5 Å². The van der Waals surface area contributed by atoms with Crippen LogP contribution >= 0.6 is 15.9 Å². The van der Waals surface area contributed by atoms with E-state index in [1.807, 2.05) is 13.8 Å². The Morgan fingerprint density at radius 1 is 1.32 bits per heavy atom. The predicted molar refractivity (Wildman–Crippen MR) is 66.9 cm³/mol. The molecule has 0 N–H and O–H groups in total. The molecule has 6 heteroatoms. The molecule has 1 aliphatic carbocycles. The molecule has 2 unspecified atom stereocenters. The van der Waals surface area contributed by atoms with Gasteiger partial charge in [0, 0.05) is 10.2 Å². The summed E-state index contributed by atoms with van der Waals surface area (Å²) in [6, 6.07) is 2.73. The number of ether oxygens (including phenoxy) is 1. The van der Waals surface area contributed by atoms with Gasteiger partial charge in [-0.1, -0.05) is 29.8 Å². The SMILES string of the molecule is CC1(C)C(Br)CC1Oc1ccc(F)c(C(F)(F)F)c1. The number of halogens is 5. The van der Waals surface area contributed by atoms with E-state index in [-0.39, 0.29) is 22.1 Å². The van der Waals surface area contributed by atoms with Gasteiger partial charge in [-0.25, -0.2) is 4.39 Å². The molecule has 1 aliphatic rings. The van der Waals surface area contributed by atoms with Gasteiger partial charge >= 0.3 is 6.18 Å². The molecular weight excluding hydrogens is 328 g/mol. The van der Waals surface area contributed by atoms with Gasteiger partial charge in [0.25, 0.3) is 0 Å². The molecule has 2 atom stereocenters. The minimum atomic E-state index is -4.71. The molecule has 1 saturated carbocycles. The fourth-order valence-electron chi connectivity index (χ4n) is 2.00. The molecule has 0 saturated heterocycles. The van der Waals surface area contributed by atoms with Crippen molar-refractivity contribution in [2.75, 3.05) is 0 Å². The van der Waals surface area contributed by atoms with E-state index in [2.05, 4.69) is 15.9 Å². The van der Waals surface area contributed by atoms with Crippen molar-refractivity contribution in [3.63, 3.8) is 0 Å². The third-order valence-corrected chi connectivity index (χ3v) is 5.13. The van der Waals surface area contributed by atoms with Crippen LogP contribution in [0.2, 0.25) is 0 Å². The summed E-state index contributed by atoms with van der Waals surface area (Å²) in [7, 11) is 0. The monoisotopic (exact) mass is 340 g/mol. The van der Waals surface area contributed by atoms with Crippen LogP contribution in [0.5, 0.6) is 5.75 Å². The molecule has 0 aromatic heterocycles. The van der Waals surface area contributed by atoms with Crippen LogP contribution in [0.1, 0.15) is 25.8 Å². The Balaban J connectivity index is 2.19. The zero-order valence-electron chi connectivity index (χ0n) is 10.4. The molecule has 1 nitrogen and oxygen atoms in total. The third-order valence-electron chi connectivity index (χ3n) is 3.58. The van der Waals surface area contributed by atoms with Gasteiger partial charge < -0.3 is 4.74 Å². The first-order valence-corrected chi connectivity index (χ1v) is 6.71. The minimum Gasteiger partial charge on any atom is -0.490 e. The van der Waals surface area contributed by atoms with Crippen molar-refractivity contribution in [2.45, 2.75) is 37.4 Å². The Morgan fingerprint density at radius 2 is 1.95 bits per heavy atom. The molecule has 2 rings (SSSR count). The second-order valence-corrected chi connectivity index (χ2v) is 6.38. The van der Waals surface area contributed by atoms with Crippen LogP contribution < -0.4 is 4.74 Å². The third kappa shape index (κ3) is 2.73. The summed E-state index contributed by atoms with van der Waals surface area (Å²) in [6.07, 6.45) is -4.18. The van der Waals surface area contributed by atoms with Crippen molar-refractivity contribution in [1.82, 2.24) is 0 Å². The topological polar surface area (TPSA) is 9.23 Å². The lowest BCUT2D eigenvalue weighted by Gasteiger charge is -2.48. The maximum atomic E-state index is 13.1. The quantitative estimate of drug-likeness (QED) is 0.555. The fourth-order valence-corrected chi connectivity index (χ4v) is 2.63. The fraction of sp³-hybridized carbons (Fsp3) is 0.538. The summed E-state index contributed by atoms with van der Waals surface area (Å²) in [6.45, 7) is 3.93. The summed E-state index contributed by atoms with van der Waals surface area (Å²) < 4.78 is 56.4. The molecule has 0 heterocycles. The van der Waals surface area contributed by atoms with E-state index in [1.54, 1.807) is 0 Å². The zero-order valence-corrected chi connectivity index (χ0v) is 12.0. The molecular formula is C13H13BrF4O. The average molecular weight is 341 g/mol. The Labute approximate surface area is 117 Å².